The van der Waals surface area contributed by atoms with Crippen molar-refractivity contribution in [3.8, 4) is 0 Å². The molecule has 96 valence electrons. The van der Waals surface area contributed by atoms with Crippen LogP contribution in [-0.2, 0) is 4.74 Å². The first-order chi connectivity index (χ1) is 8.20. The van der Waals surface area contributed by atoms with Gasteiger partial charge in [0.15, 0.2) is 0 Å². The van der Waals surface area contributed by atoms with Crippen molar-refractivity contribution in [2.45, 2.75) is 25.5 Å². The molecule has 1 aliphatic rings. The van der Waals surface area contributed by atoms with Crippen LogP contribution < -0.4 is 5.73 Å². The normalized spacial score (nSPS) is 24.5. The number of nitrogens with zero attached hydrogens (tertiary/aromatic N) is 1. The van der Waals surface area contributed by atoms with E-state index < -0.39 is 0 Å². The summed E-state index contributed by atoms with van der Waals surface area (Å²) in [5.41, 5.74) is 5.92. The molecule has 1 saturated heterocycles. The zero-order chi connectivity index (χ0) is 12.3. The molecule has 0 saturated carbocycles. The van der Waals surface area contributed by atoms with Gasteiger partial charge in [-0.15, -0.1) is 11.3 Å². The first-order valence-electron chi connectivity index (χ1n) is 6.01. The fourth-order valence-corrected chi connectivity index (χ4v) is 3.47. The van der Waals surface area contributed by atoms with Gasteiger partial charge in [-0.1, -0.05) is 11.6 Å². The van der Waals surface area contributed by atoms with Crippen molar-refractivity contribution in [1.29, 1.82) is 0 Å². The Bertz CT molecular complexity index is 358. The Morgan fingerprint density at radius 2 is 2.47 bits per heavy atom. The van der Waals surface area contributed by atoms with Crippen LogP contribution in [0.25, 0.3) is 0 Å². The van der Waals surface area contributed by atoms with Crippen molar-refractivity contribution in [3.63, 3.8) is 0 Å². The van der Waals surface area contributed by atoms with Crippen LogP contribution in [0.3, 0.4) is 0 Å². The Labute approximate surface area is 112 Å². The second kappa shape index (κ2) is 6.16. The highest BCUT2D eigenvalue weighted by Crippen LogP contribution is 2.30. The fraction of sp³-hybridized carbons (Fsp3) is 0.667. The predicted octanol–water partition coefficient (Wildman–Crippen LogP) is 2.51. The van der Waals surface area contributed by atoms with Gasteiger partial charge in [0, 0.05) is 31.1 Å². The van der Waals surface area contributed by atoms with Gasteiger partial charge >= 0.3 is 0 Å². The average Bonchev–Trinajstić information content (AvgIpc) is 2.59. The molecule has 0 spiro atoms. The maximum Gasteiger partial charge on any atom is 0.0931 e. The molecule has 3 nitrogen and oxygen atoms in total. The summed E-state index contributed by atoms with van der Waals surface area (Å²) in [5.74, 6) is 0. The summed E-state index contributed by atoms with van der Waals surface area (Å²) in [5, 5.41) is 0. The molecule has 17 heavy (non-hydrogen) atoms. The van der Waals surface area contributed by atoms with Gasteiger partial charge in [-0.3, -0.25) is 4.90 Å². The number of nitrogens with two attached hydrogens (primary N) is 1. The van der Waals surface area contributed by atoms with E-state index in [0.29, 0.717) is 6.54 Å². The summed E-state index contributed by atoms with van der Waals surface area (Å²) in [6, 6.07) is 4.31. The maximum atomic E-state index is 6.00. The predicted molar refractivity (Wildman–Crippen MR) is 72.7 cm³/mol. The van der Waals surface area contributed by atoms with Crippen LogP contribution in [0.2, 0.25) is 4.34 Å². The lowest BCUT2D eigenvalue weighted by Crippen LogP contribution is -2.37. The van der Waals surface area contributed by atoms with E-state index in [2.05, 4.69) is 17.9 Å². The summed E-state index contributed by atoms with van der Waals surface area (Å²) in [7, 11) is 0. The molecule has 0 bridgehead atoms. The lowest BCUT2D eigenvalue weighted by molar-refractivity contribution is 0.0614. The van der Waals surface area contributed by atoms with Crippen LogP contribution in [0.5, 0.6) is 0 Å². The van der Waals surface area contributed by atoms with Crippen molar-refractivity contribution in [2.75, 3.05) is 26.2 Å². The van der Waals surface area contributed by atoms with Crippen LogP contribution in [-0.4, -0.2) is 37.2 Å². The summed E-state index contributed by atoms with van der Waals surface area (Å²) in [4.78, 5) is 3.67. The Hall–Kier alpha value is -0.130. The molecule has 1 aliphatic heterocycles. The minimum Gasteiger partial charge on any atom is -0.377 e. The van der Waals surface area contributed by atoms with E-state index in [1.165, 1.54) is 4.88 Å². The first-order valence-corrected chi connectivity index (χ1v) is 7.21. The topological polar surface area (TPSA) is 38.5 Å². The lowest BCUT2D eigenvalue weighted by atomic mass is 10.2. The number of rotatable bonds is 3. The number of thiophene rings is 1. The monoisotopic (exact) mass is 274 g/mol. The van der Waals surface area contributed by atoms with E-state index in [1.54, 1.807) is 11.3 Å². The van der Waals surface area contributed by atoms with Gasteiger partial charge in [-0.05, 0) is 25.5 Å². The molecule has 5 heteroatoms. The second-order valence-electron chi connectivity index (χ2n) is 4.42. The smallest absolute Gasteiger partial charge is 0.0931 e. The van der Waals surface area contributed by atoms with E-state index in [9.17, 15) is 0 Å². The van der Waals surface area contributed by atoms with Gasteiger partial charge in [-0.2, -0.15) is 0 Å². The quantitative estimate of drug-likeness (QED) is 0.920. The molecule has 2 heterocycles. The number of hydrogen-bond acceptors (Lipinski definition) is 4. The minimum absolute atomic E-state index is 0.275. The Morgan fingerprint density at radius 3 is 3.12 bits per heavy atom. The summed E-state index contributed by atoms with van der Waals surface area (Å²) in [6.45, 7) is 5.58. The third-order valence-electron chi connectivity index (χ3n) is 3.07. The highest BCUT2D eigenvalue weighted by molar-refractivity contribution is 7.16. The van der Waals surface area contributed by atoms with Crippen molar-refractivity contribution in [3.05, 3.63) is 21.3 Å². The second-order valence-corrected chi connectivity index (χ2v) is 6.17. The standard InChI is InChI=1S/C12H19ClN2OS/c1-9-8-15(5-2-6-16-9)10(7-14)11-3-4-12(13)17-11/h3-4,9-10H,2,5-8,14H2,1H3. The van der Waals surface area contributed by atoms with Gasteiger partial charge in [0.05, 0.1) is 16.5 Å². The largest absolute Gasteiger partial charge is 0.377 e. The maximum absolute atomic E-state index is 6.00. The number of halogens is 1. The van der Waals surface area contributed by atoms with Crippen molar-refractivity contribution in [2.24, 2.45) is 5.73 Å². The fourth-order valence-electron chi connectivity index (χ4n) is 2.26. The number of hydrogen-bond donors (Lipinski definition) is 1. The third kappa shape index (κ3) is 3.42. The van der Waals surface area contributed by atoms with E-state index in [0.717, 1.165) is 30.5 Å². The molecular weight excluding hydrogens is 256 g/mol. The third-order valence-corrected chi connectivity index (χ3v) is 4.40. The van der Waals surface area contributed by atoms with Gasteiger partial charge in [0.25, 0.3) is 0 Å². The molecule has 0 radical (unpaired) electrons. The molecule has 0 aliphatic carbocycles. The molecule has 2 rings (SSSR count). The van der Waals surface area contributed by atoms with Gasteiger partial charge in [0.2, 0.25) is 0 Å². The summed E-state index contributed by atoms with van der Waals surface area (Å²) >= 11 is 7.62. The Balaban J connectivity index is 2.11. The highest BCUT2D eigenvalue weighted by atomic mass is 35.5. The SMILES string of the molecule is CC1CN(C(CN)c2ccc(Cl)s2)CCCO1. The highest BCUT2D eigenvalue weighted by Gasteiger charge is 2.24. The van der Waals surface area contributed by atoms with Crippen LogP contribution in [0, 0.1) is 0 Å². The van der Waals surface area contributed by atoms with Gasteiger partial charge in [-0.25, -0.2) is 0 Å². The van der Waals surface area contributed by atoms with Crippen LogP contribution >= 0.6 is 22.9 Å². The van der Waals surface area contributed by atoms with Gasteiger partial charge in [0.1, 0.15) is 0 Å². The average molecular weight is 275 g/mol. The van der Waals surface area contributed by atoms with Crippen LogP contribution in [0.4, 0.5) is 0 Å². The zero-order valence-electron chi connectivity index (χ0n) is 10.1. The number of ether oxygens (including phenoxy) is 1. The molecule has 2 unspecified atom stereocenters. The molecule has 1 fully saturated rings. The molecular formula is C12H19ClN2OS. The van der Waals surface area contributed by atoms with E-state index in [-0.39, 0.29) is 12.1 Å². The molecule has 2 atom stereocenters. The van der Waals surface area contributed by atoms with E-state index in [4.69, 9.17) is 22.1 Å². The summed E-state index contributed by atoms with van der Waals surface area (Å²) in [6.07, 6.45) is 1.35. The molecule has 1 aromatic heterocycles. The van der Waals surface area contributed by atoms with Crippen molar-refractivity contribution >= 4 is 22.9 Å². The van der Waals surface area contributed by atoms with Crippen LogP contribution in [0.15, 0.2) is 12.1 Å². The van der Waals surface area contributed by atoms with Crippen molar-refractivity contribution in [1.82, 2.24) is 4.90 Å². The first kappa shape index (κ1) is 13.3. The molecule has 0 aromatic carbocycles. The molecule has 2 N–H and O–H groups in total. The lowest BCUT2D eigenvalue weighted by Gasteiger charge is -2.29. The van der Waals surface area contributed by atoms with Crippen molar-refractivity contribution < 1.29 is 4.74 Å². The minimum atomic E-state index is 0.275. The summed E-state index contributed by atoms with van der Waals surface area (Å²) < 4.78 is 6.49. The molecule has 0 amide bonds. The van der Waals surface area contributed by atoms with Crippen LogP contribution in [0.1, 0.15) is 24.3 Å². The Morgan fingerprint density at radius 1 is 1.65 bits per heavy atom. The Kier molecular flexibility index (Phi) is 4.82. The zero-order valence-corrected chi connectivity index (χ0v) is 11.6. The van der Waals surface area contributed by atoms with E-state index in [1.807, 2.05) is 6.07 Å². The van der Waals surface area contributed by atoms with Gasteiger partial charge < -0.3 is 10.5 Å². The molecule has 1 aromatic rings. The van der Waals surface area contributed by atoms with E-state index >= 15 is 0 Å².